The summed E-state index contributed by atoms with van der Waals surface area (Å²) in [5.41, 5.74) is 1.78. The van der Waals surface area contributed by atoms with E-state index < -0.39 is 5.97 Å². The Morgan fingerprint density at radius 3 is 2.73 bits per heavy atom. The first-order chi connectivity index (χ1) is 7.18. The molecule has 0 saturated heterocycles. The molecule has 0 bridgehead atoms. The van der Waals surface area contributed by atoms with Crippen molar-refractivity contribution in [2.45, 2.75) is 0 Å². The Hall–Kier alpha value is -1.55. The molecule has 1 heterocycles. The summed E-state index contributed by atoms with van der Waals surface area (Å²) in [5.74, 6) is -0.930. The van der Waals surface area contributed by atoms with Crippen LogP contribution in [-0.2, 0) is 0 Å². The molecule has 0 aliphatic heterocycles. The van der Waals surface area contributed by atoms with Crippen LogP contribution in [0.15, 0.2) is 41.0 Å². The fourth-order valence-corrected chi connectivity index (χ4v) is 1.79. The second kappa shape index (κ2) is 3.90. The molecule has 0 amide bonds. The fourth-order valence-electron chi connectivity index (χ4n) is 1.43. The van der Waals surface area contributed by atoms with Gasteiger partial charge in [0.2, 0.25) is 0 Å². The van der Waals surface area contributed by atoms with Gasteiger partial charge in [0.15, 0.2) is 0 Å². The summed E-state index contributed by atoms with van der Waals surface area (Å²) < 4.78 is 0.759. The van der Waals surface area contributed by atoms with Gasteiger partial charge in [-0.1, -0.05) is 22.0 Å². The molecule has 4 heteroatoms. The van der Waals surface area contributed by atoms with Gasteiger partial charge in [-0.3, -0.25) is 0 Å². The van der Waals surface area contributed by atoms with Gasteiger partial charge in [0, 0.05) is 21.9 Å². The van der Waals surface area contributed by atoms with Gasteiger partial charge in [-0.15, -0.1) is 0 Å². The lowest BCUT2D eigenvalue weighted by molar-refractivity contribution is 0.0697. The van der Waals surface area contributed by atoms with Crippen molar-refractivity contribution >= 4 is 21.9 Å². The Bertz CT molecular complexity index is 491. The highest BCUT2D eigenvalue weighted by molar-refractivity contribution is 9.10. The number of aromatic carboxylic acids is 1. The van der Waals surface area contributed by atoms with E-state index in [2.05, 4.69) is 20.9 Å². The summed E-state index contributed by atoms with van der Waals surface area (Å²) in [6, 6.07) is 8.87. The minimum absolute atomic E-state index is 0.284. The standard InChI is InChI=1S/C11H8BrNO2/c12-7-3-4-8(9(6-7)11(14)15)10-2-1-5-13-10/h1-6,13H,(H,14,15). The van der Waals surface area contributed by atoms with Crippen molar-refractivity contribution in [3.8, 4) is 11.3 Å². The predicted octanol–water partition coefficient (Wildman–Crippen LogP) is 3.14. The minimum atomic E-state index is -0.930. The van der Waals surface area contributed by atoms with Crippen LogP contribution in [0.2, 0.25) is 0 Å². The number of halogens is 1. The molecule has 0 unspecified atom stereocenters. The number of benzene rings is 1. The van der Waals surface area contributed by atoms with E-state index in [9.17, 15) is 4.79 Å². The van der Waals surface area contributed by atoms with Gasteiger partial charge in [0.25, 0.3) is 0 Å². The summed E-state index contributed by atoms with van der Waals surface area (Å²) in [4.78, 5) is 14.0. The average Bonchev–Trinajstić information content (AvgIpc) is 2.70. The molecule has 2 N–H and O–H groups in total. The number of hydrogen-bond acceptors (Lipinski definition) is 1. The number of rotatable bonds is 2. The highest BCUT2D eigenvalue weighted by atomic mass is 79.9. The molecule has 0 atom stereocenters. The number of H-pyrrole nitrogens is 1. The van der Waals surface area contributed by atoms with Crippen molar-refractivity contribution in [3.05, 3.63) is 46.6 Å². The number of carbonyl (C=O) groups is 1. The van der Waals surface area contributed by atoms with E-state index >= 15 is 0 Å². The van der Waals surface area contributed by atoms with Crippen molar-refractivity contribution in [1.82, 2.24) is 4.98 Å². The maximum absolute atomic E-state index is 11.0. The Morgan fingerprint density at radius 1 is 1.33 bits per heavy atom. The maximum atomic E-state index is 11.0. The van der Waals surface area contributed by atoms with Gasteiger partial charge in [-0.25, -0.2) is 4.79 Å². The van der Waals surface area contributed by atoms with Crippen LogP contribution < -0.4 is 0 Å². The van der Waals surface area contributed by atoms with Crippen LogP contribution in [0, 0.1) is 0 Å². The van der Waals surface area contributed by atoms with E-state index in [4.69, 9.17) is 5.11 Å². The molecule has 76 valence electrons. The third-order valence-corrected chi connectivity index (χ3v) is 2.59. The molecule has 0 saturated carbocycles. The van der Waals surface area contributed by atoms with E-state index in [0.29, 0.717) is 5.56 Å². The molecule has 2 rings (SSSR count). The zero-order valence-electron chi connectivity index (χ0n) is 7.70. The zero-order chi connectivity index (χ0) is 10.8. The summed E-state index contributed by atoms with van der Waals surface area (Å²) in [6.45, 7) is 0. The molecule has 2 aromatic rings. The van der Waals surface area contributed by atoms with Crippen LogP contribution in [0.3, 0.4) is 0 Å². The van der Waals surface area contributed by atoms with E-state index in [0.717, 1.165) is 10.2 Å². The molecule has 0 radical (unpaired) electrons. The second-order valence-corrected chi connectivity index (χ2v) is 3.99. The molecular weight excluding hydrogens is 258 g/mol. The SMILES string of the molecule is O=C(O)c1cc(Br)ccc1-c1ccc[nH]1. The highest BCUT2D eigenvalue weighted by Gasteiger charge is 2.12. The van der Waals surface area contributed by atoms with E-state index in [-0.39, 0.29) is 5.56 Å². The largest absolute Gasteiger partial charge is 0.478 e. The summed E-state index contributed by atoms with van der Waals surface area (Å²) >= 11 is 3.25. The number of nitrogens with one attached hydrogen (secondary N) is 1. The second-order valence-electron chi connectivity index (χ2n) is 3.08. The normalized spacial score (nSPS) is 10.2. The molecule has 1 aromatic carbocycles. The van der Waals surface area contributed by atoms with Crippen molar-refractivity contribution in [2.75, 3.05) is 0 Å². The van der Waals surface area contributed by atoms with E-state index in [1.165, 1.54) is 0 Å². The van der Waals surface area contributed by atoms with Crippen LogP contribution in [0.4, 0.5) is 0 Å². The van der Waals surface area contributed by atoms with Gasteiger partial charge in [0.1, 0.15) is 0 Å². The van der Waals surface area contributed by atoms with Gasteiger partial charge in [-0.05, 0) is 24.3 Å². The number of hydrogen-bond donors (Lipinski definition) is 2. The molecule has 1 aromatic heterocycles. The third kappa shape index (κ3) is 1.94. The monoisotopic (exact) mass is 265 g/mol. The van der Waals surface area contributed by atoms with Crippen molar-refractivity contribution in [1.29, 1.82) is 0 Å². The van der Waals surface area contributed by atoms with Gasteiger partial charge < -0.3 is 10.1 Å². The lowest BCUT2D eigenvalue weighted by atomic mass is 10.1. The van der Waals surface area contributed by atoms with Crippen LogP contribution in [0.25, 0.3) is 11.3 Å². The molecule has 15 heavy (non-hydrogen) atoms. The van der Waals surface area contributed by atoms with Gasteiger partial charge in [-0.2, -0.15) is 0 Å². The first kappa shape index (κ1) is 9.98. The number of aromatic amines is 1. The lowest BCUT2D eigenvalue weighted by Gasteiger charge is -2.04. The lowest BCUT2D eigenvalue weighted by Crippen LogP contribution is -1.99. The molecule has 0 fully saturated rings. The average molecular weight is 266 g/mol. The quantitative estimate of drug-likeness (QED) is 0.877. The Morgan fingerprint density at radius 2 is 2.13 bits per heavy atom. The Labute approximate surface area is 94.9 Å². The molecule has 0 aliphatic rings. The molecular formula is C11H8BrNO2. The smallest absolute Gasteiger partial charge is 0.336 e. The predicted molar refractivity (Wildman–Crippen MR) is 60.9 cm³/mol. The number of carboxylic acid groups (broad SMARTS) is 1. The molecule has 0 spiro atoms. The Kier molecular flexibility index (Phi) is 2.60. The first-order valence-electron chi connectivity index (χ1n) is 4.35. The molecule has 0 aliphatic carbocycles. The van der Waals surface area contributed by atoms with Crippen molar-refractivity contribution in [2.24, 2.45) is 0 Å². The van der Waals surface area contributed by atoms with Crippen molar-refractivity contribution in [3.63, 3.8) is 0 Å². The Balaban J connectivity index is 2.61. The number of aromatic nitrogens is 1. The topological polar surface area (TPSA) is 53.1 Å². The van der Waals surface area contributed by atoms with E-state index in [1.807, 2.05) is 18.2 Å². The van der Waals surface area contributed by atoms with Crippen LogP contribution >= 0.6 is 15.9 Å². The van der Waals surface area contributed by atoms with E-state index in [1.54, 1.807) is 18.3 Å². The zero-order valence-corrected chi connectivity index (χ0v) is 9.28. The van der Waals surface area contributed by atoms with Crippen LogP contribution in [0.1, 0.15) is 10.4 Å². The molecule has 3 nitrogen and oxygen atoms in total. The van der Waals surface area contributed by atoms with Crippen LogP contribution in [0.5, 0.6) is 0 Å². The highest BCUT2D eigenvalue weighted by Crippen LogP contribution is 2.25. The third-order valence-electron chi connectivity index (χ3n) is 2.10. The van der Waals surface area contributed by atoms with Gasteiger partial charge in [0.05, 0.1) is 5.56 Å². The summed E-state index contributed by atoms with van der Waals surface area (Å²) in [6.07, 6.45) is 1.77. The van der Waals surface area contributed by atoms with Gasteiger partial charge >= 0.3 is 5.97 Å². The fraction of sp³-hybridized carbons (Fsp3) is 0. The van der Waals surface area contributed by atoms with Crippen LogP contribution in [-0.4, -0.2) is 16.1 Å². The summed E-state index contributed by atoms with van der Waals surface area (Å²) in [7, 11) is 0. The number of carboxylic acids is 1. The summed E-state index contributed by atoms with van der Waals surface area (Å²) in [5, 5.41) is 9.05. The first-order valence-corrected chi connectivity index (χ1v) is 5.14. The van der Waals surface area contributed by atoms with Crippen molar-refractivity contribution < 1.29 is 9.90 Å². The maximum Gasteiger partial charge on any atom is 0.336 e. The minimum Gasteiger partial charge on any atom is -0.478 e.